The summed E-state index contributed by atoms with van der Waals surface area (Å²) in [4.78, 5) is 136. The third kappa shape index (κ3) is 20.8. The van der Waals surface area contributed by atoms with Gasteiger partial charge in [-0.25, -0.2) is 0 Å². The normalized spacial score (nSPS) is 26.2. The molecule has 426 valence electrons. The molecule has 75 heavy (non-hydrogen) atoms. The molecular weight excluding hydrogens is 1010 g/mol. The number of aliphatic hydroxyl groups excluding tert-OH is 5. The lowest BCUT2D eigenvalue weighted by Gasteiger charge is -2.48. The molecule has 2 saturated heterocycles. The van der Waals surface area contributed by atoms with E-state index in [1.54, 1.807) is 0 Å². The van der Waals surface area contributed by atoms with Crippen molar-refractivity contribution < 1.29 is 118 Å². The van der Waals surface area contributed by atoms with E-state index >= 15 is 0 Å². The van der Waals surface area contributed by atoms with Gasteiger partial charge in [0, 0.05) is 26.8 Å². The Morgan fingerprint density at radius 1 is 0.600 bits per heavy atom. The maximum atomic E-state index is 13.5. The molecule has 16 N–H and O–H groups in total. The average Bonchev–Trinajstić information content (AvgIpc) is 3.32. The number of carbonyl (C=O) groups excluding carboxylic acids is 11. The first-order valence-corrected chi connectivity index (χ1v) is 23.7. The summed E-state index contributed by atoms with van der Waals surface area (Å²) in [5.41, 5.74) is 3.29. The molecule has 0 aliphatic carbocycles. The molecule has 0 aromatic heterocycles. The summed E-state index contributed by atoms with van der Waals surface area (Å²) < 4.78 is 23.1. The maximum Gasteiger partial charge on any atom is 0.249 e. The van der Waals surface area contributed by atoms with E-state index in [1.807, 2.05) is 0 Å². The first kappa shape index (κ1) is 64.9. The van der Waals surface area contributed by atoms with Gasteiger partial charge in [-0.2, -0.15) is 0 Å². The van der Waals surface area contributed by atoms with Crippen LogP contribution in [0.5, 0.6) is 0 Å². The van der Waals surface area contributed by atoms with Gasteiger partial charge in [-0.1, -0.05) is 0 Å². The average molecular weight is 1080 g/mol. The molecule has 2 rings (SSSR count). The molecule has 0 aromatic rings. The summed E-state index contributed by atoms with van der Waals surface area (Å²) in [5, 5.41) is 105. The predicted octanol–water partition coefficient (Wildman–Crippen LogP) is -12.9. The van der Waals surface area contributed by atoms with Crippen molar-refractivity contribution in [2.24, 2.45) is 0 Å². The van der Waals surface area contributed by atoms with E-state index in [0.717, 1.165) is 34.6 Å². The van der Waals surface area contributed by atoms with Crippen molar-refractivity contribution in [1.82, 2.24) is 42.5 Å². The predicted molar refractivity (Wildman–Crippen MR) is 239 cm³/mol. The largest absolute Gasteiger partial charge is 0.548 e. The highest BCUT2D eigenvalue weighted by Crippen LogP contribution is 2.31. The number of carbonyl (C=O) groups is 11. The minimum Gasteiger partial charge on any atom is -0.548 e. The van der Waals surface area contributed by atoms with Crippen LogP contribution in [0.2, 0.25) is 0 Å². The van der Waals surface area contributed by atoms with Gasteiger partial charge in [-0.3, -0.25) is 38.4 Å². The van der Waals surface area contributed by atoms with E-state index in [-0.39, 0.29) is 25.8 Å². The molecule has 0 aromatic carbocycles. The fraction of sp³-hybridized carbons (Fsp3) is 0.744. The van der Waals surface area contributed by atoms with Gasteiger partial charge in [0.15, 0.2) is 12.6 Å². The molecule has 8 amide bonds. The van der Waals surface area contributed by atoms with Crippen LogP contribution in [0.3, 0.4) is 0 Å². The van der Waals surface area contributed by atoms with Crippen molar-refractivity contribution >= 4 is 65.2 Å². The standard InChI is InChI=1S/C43H71N9O23/c1-16(35(61)48-18(3)39(65)66)47-38(64)23(9-7-8-12-45-28(58)13-22(44)40(67)68)51-27(57)11-10-24(41(69)70)52-36(62)17(2)46-37(63)19(4)72-34-30(50-21(6)56)42(71)73-26(15-54)33(34)75-43-29(49-20(5)55)32(60)31(59)25(14-53)74-43/h16-19,22-26,29-34,42-43,53-54,59-60,71H,7-15,44H2,1-6H3,(H,45,58)(H,46,63)(H,47,64)(H,48,61)(H,49,55)(H,50,56)(H,51,57)(H,52,62)(H,65,66)(H,67,68)(H,69,70)/p-2/t16-,17+,18-,19-,22-,23+,24-,25-,26-,29-,30-,31-,32-,33-,34-,42-,43+/m1/s1. The van der Waals surface area contributed by atoms with Crippen molar-refractivity contribution in [2.45, 2.75) is 184 Å². The van der Waals surface area contributed by atoms with Crippen molar-refractivity contribution in [3.05, 3.63) is 0 Å². The fourth-order valence-corrected chi connectivity index (χ4v) is 7.43. The molecule has 2 fully saturated rings. The smallest absolute Gasteiger partial charge is 0.249 e. The third-order valence-electron chi connectivity index (χ3n) is 11.6. The van der Waals surface area contributed by atoms with Gasteiger partial charge >= 0.3 is 0 Å². The number of carboxylic acids is 3. The Bertz CT molecular complexity index is 2020. The van der Waals surface area contributed by atoms with Gasteiger partial charge in [0.25, 0.3) is 0 Å². The molecule has 0 spiro atoms. The van der Waals surface area contributed by atoms with Gasteiger partial charge < -0.3 is 122 Å². The SMILES string of the molecule is CC(=O)N[C@@H]1[C@@H](O[C@H](C)C(=O)N[C@@H](C)C(=O)N[C@H](CCC(=O)N[C@@H](CCCCNC(=O)C[C@@H]([NH3+])C(=O)[O-])C(=O)N[C@H](C)C(=O)N[C@H](C)C(=O)[O-])C(=O)[O-])[C@H](O[C@@H]2O[C@H](CO)[C@@H](O)[C@H](O)[C@H]2NC(C)=O)[C@@H](CO)O[C@H]1O. The molecule has 17 atom stereocenters. The Morgan fingerprint density at radius 2 is 1.16 bits per heavy atom. The zero-order chi connectivity index (χ0) is 57.0. The summed E-state index contributed by atoms with van der Waals surface area (Å²) in [6.07, 6.45) is -16.8. The number of ether oxygens (including phenoxy) is 4. The van der Waals surface area contributed by atoms with Crippen LogP contribution in [0.25, 0.3) is 0 Å². The van der Waals surface area contributed by atoms with Crippen LogP contribution in [-0.2, 0) is 71.7 Å². The van der Waals surface area contributed by atoms with Crippen LogP contribution in [-0.4, -0.2) is 214 Å². The summed E-state index contributed by atoms with van der Waals surface area (Å²) in [6.45, 7) is 4.97. The van der Waals surface area contributed by atoms with Crippen LogP contribution in [0.1, 0.15) is 80.1 Å². The fourth-order valence-electron chi connectivity index (χ4n) is 7.43. The Kier molecular flexibility index (Phi) is 26.8. The molecule has 2 heterocycles. The van der Waals surface area contributed by atoms with E-state index in [0.29, 0.717) is 0 Å². The zero-order valence-electron chi connectivity index (χ0n) is 42.0. The monoisotopic (exact) mass is 1080 g/mol. The summed E-state index contributed by atoms with van der Waals surface area (Å²) in [6, 6.07) is -12.1. The number of nitrogens with one attached hydrogen (secondary N) is 8. The lowest BCUT2D eigenvalue weighted by atomic mass is 9.94. The van der Waals surface area contributed by atoms with Crippen molar-refractivity contribution in [3.63, 3.8) is 0 Å². The Morgan fingerprint density at radius 3 is 1.71 bits per heavy atom. The van der Waals surface area contributed by atoms with Gasteiger partial charge in [0.2, 0.25) is 47.3 Å². The first-order chi connectivity index (χ1) is 35.0. The molecule has 32 heteroatoms. The summed E-state index contributed by atoms with van der Waals surface area (Å²) >= 11 is 0. The molecule has 0 saturated carbocycles. The highest BCUT2D eigenvalue weighted by molar-refractivity contribution is 5.94. The Balaban J connectivity index is 2.20. The van der Waals surface area contributed by atoms with Crippen LogP contribution in [0.15, 0.2) is 0 Å². The second kappa shape index (κ2) is 31.0. The molecule has 2 aliphatic rings. The van der Waals surface area contributed by atoms with Gasteiger partial charge in [-0.15, -0.1) is 0 Å². The Labute approximate surface area is 428 Å². The van der Waals surface area contributed by atoms with Crippen LogP contribution in [0.4, 0.5) is 0 Å². The van der Waals surface area contributed by atoms with E-state index in [2.05, 4.69) is 48.3 Å². The van der Waals surface area contributed by atoms with E-state index < -0.39 is 201 Å². The lowest BCUT2D eigenvalue weighted by Crippen LogP contribution is -2.70. The number of quaternary nitrogens is 1. The molecule has 0 bridgehead atoms. The number of aliphatic carboxylic acids is 3. The van der Waals surface area contributed by atoms with Crippen LogP contribution < -0.4 is 63.6 Å². The van der Waals surface area contributed by atoms with Gasteiger partial charge in [0.05, 0.1) is 49.6 Å². The third-order valence-corrected chi connectivity index (χ3v) is 11.6. The van der Waals surface area contributed by atoms with Crippen LogP contribution in [0, 0.1) is 0 Å². The second-order valence-corrected chi connectivity index (χ2v) is 17.9. The molecular formula is C43H69N9O23-2. The van der Waals surface area contributed by atoms with Gasteiger partial charge in [-0.05, 0) is 53.4 Å². The highest BCUT2D eigenvalue weighted by Gasteiger charge is 2.53. The number of hydrogen-bond acceptors (Lipinski definition) is 23. The number of amides is 8. The second-order valence-electron chi connectivity index (χ2n) is 17.9. The molecule has 2 aliphatic heterocycles. The minimum atomic E-state index is -1.93. The van der Waals surface area contributed by atoms with Gasteiger partial charge in [0.1, 0.15) is 79.0 Å². The van der Waals surface area contributed by atoms with Crippen molar-refractivity contribution in [2.75, 3.05) is 19.8 Å². The molecule has 0 radical (unpaired) electrons. The van der Waals surface area contributed by atoms with Crippen molar-refractivity contribution in [1.29, 1.82) is 0 Å². The topological polar surface area (TPSA) is 519 Å². The number of rotatable bonds is 30. The molecule has 0 unspecified atom stereocenters. The van der Waals surface area contributed by atoms with Crippen LogP contribution >= 0.6 is 0 Å². The number of aliphatic hydroxyl groups is 5. The number of unbranched alkanes of at least 4 members (excludes halogenated alkanes) is 1. The quantitative estimate of drug-likeness (QED) is 0.0297. The lowest BCUT2D eigenvalue weighted by molar-refractivity contribution is -0.436. The maximum absolute atomic E-state index is 13.5. The summed E-state index contributed by atoms with van der Waals surface area (Å²) in [5.74, 6) is -12.1. The van der Waals surface area contributed by atoms with E-state index in [1.165, 1.54) is 6.92 Å². The van der Waals surface area contributed by atoms with E-state index in [9.17, 15) is 93.6 Å². The summed E-state index contributed by atoms with van der Waals surface area (Å²) in [7, 11) is 0. The van der Waals surface area contributed by atoms with E-state index in [4.69, 9.17) is 18.9 Å². The Hall–Kier alpha value is -6.23. The minimum absolute atomic E-state index is 0.00343. The highest BCUT2D eigenvalue weighted by atomic mass is 16.7. The van der Waals surface area contributed by atoms with Crippen molar-refractivity contribution in [3.8, 4) is 0 Å². The first-order valence-electron chi connectivity index (χ1n) is 23.7. The zero-order valence-corrected chi connectivity index (χ0v) is 42.0. The number of hydrogen-bond donors (Lipinski definition) is 14. The molecule has 32 nitrogen and oxygen atoms in total. The number of carboxylic acid groups (broad SMARTS) is 3.